The molecular formula is C41H44BrN5O4S. The van der Waals surface area contributed by atoms with Crippen molar-refractivity contribution in [3.05, 3.63) is 123 Å². The fraction of sp³-hybridized carbons (Fsp3) is 0.317. The Morgan fingerprint density at radius 1 is 1.00 bits per heavy atom. The van der Waals surface area contributed by atoms with E-state index >= 15 is 0 Å². The summed E-state index contributed by atoms with van der Waals surface area (Å²) < 4.78 is 22.1. The summed E-state index contributed by atoms with van der Waals surface area (Å²) in [5.41, 5.74) is 8.03. The largest absolute Gasteiger partial charge is 1.00 e. The zero-order chi connectivity index (χ0) is 35.7. The number of hydrogen-bond donors (Lipinski definition) is 0. The van der Waals surface area contributed by atoms with Crippen molar-refractivity contribution < 1.29 is 40.2 Å². The molecule has 11 heteroatoms. The van der Waals surface area contributed by atoms with Gasteiger partial charge in [0.15, 0.2) is 12.3 Å². The molecule has 0 atom stereocenters. The highest BCUT2D eigenvalue weighted by Crippen LogP contribution is 2.51. The lowest BCUT2D eigenvalue weighted by molar-refractivity contribution is -0.678. The molecule has 0 spiro atoms. The van der Waals surface area contributed by atoms with Crippen molar-refractivity contribution in [2.75, 3.05) is 18.6 Å². The molecule has 3 aromatic carbocycles. The smallest absolute Gasteiger partial charge is 0.374 e. The number of aryl methyl sites for hydroxylation is 2. The van der Waals surface area contributed by atoms with Gasteiger partial charge in [-0.2, -0.15) is 4.57 Å². The van der Waals surface area contributed by atoms with Crippen molar-refractivity contribution >= 4 is 40.4 Å². The Labute approximate surface area is 319 Å². The molecule has 0 N–H and O–H groups in total. The molecule has 9 nitrogen and oxygen atoms in total. The van der Waals surface area contributed by atoms with Crippen molar-refractivity contribution in [2.45, 2.75) is 71.9 Å². The van der Waals surface area contributed by atoms with E-state index in [1.165, 1.54) is 5.56 Å². The number of Topliss-reactive ketones (excluding diaryl/α,β-unsaturated/α-hetero) is 1. The number of hydrogen-bond acceptors (Lipinski definition) is 8. The highest BCUT2D eigenvalue weighted by atomic mass is 79.9. The summed E-state index contributed by atoms with van der Waals surface area (Å²) in [6.45, 7) is 12.7. The zero-order valence-electron chi connectivity index (χ0n) is 30.5. The van der Waals surface area contributed by atoms with Gasteiger partial charge in [0.25, 0.3) is 5.52 Å². The van der Waals surface area contributed by atoms with Crippen molar-refractivity contribution in [1.29, 1.82) is 0 Å². The van der Waals surface area contributed by atoms with Gasteiger partial charge in [0, 0.05) is 64.1 Å². The quantitative estimate of drug-likeness (QED) is 0.117. The summed E-state index contributed by atoms with van der Waals surface area (Å²) >= 11 is 1.59. The molecule has 1 aliphatic heterocycles. The van der Waals surface area contributed by atoms with Gasteiger partial charge in [0.05, 0.1) is 24.8 Å². The number of rotatable bonds is 13. The number of methoxy groups -OCH3 is 1. The number of fused-ring (bicyclic) bond motifs is 2. The number of nitrogens with zero attached hydrogens (tertiary/aromatic N) is 5. The monoisotopic (exact) mass is 781 g/mol. The van der Waals surface area contributed by atoms with Crippen LogP contribution in [-0.2, 0) is 29.2 Å². The van der Waals surface area contributed by atoms with Crippen LogP contribution >= 0.6 is 11.8 Å². The van der Waals surface area contributed by atoms with Crippen LogP contribution in [-0.4, -0.2) is 34.4 Å². The standard InChI is InChI=1S/C41H44N5O4S.BrH/c1-7-18-45-34-16-14-29(48-6)20-33(34)41(4,5)37(45)22-31-39(47)32(40(31)51-26-44-24-27(3)42-43-44)23-38-46(19-8-2)35-17-15-30(21-36(35)50-38)49-25-28-12-10-9-11-13-28;/h9-17,20-24H,7-8,18-19,25-26H2,1-6H3;1H/q+1;/p-1. The van der Waals surface area contributed by atoms with E-state index < -0.39 is 0 Å². The predicted octanol–water partition coefficient (Wildman–Crippen LogP) is 5.32. The Bertz CT molecular complexity index is 2200. The first-order valence-corrected chi connectivity index (χ1v) is 18.5. The molecule has 0 unspecified atom stereocenters. The topological polar surface area (TPSA) is 86.5 Å². The van der Waals surface area contributed by atoms with Crippen LogP contribution in [0.5, 0.6) is 11.5 Å². The molecular weight excluding hydrogens is 738 g/mol. The van der Waals surface area contributed by atoms with E-state index in [4.69, 9.17) is 13.9 Å². The molecule has 7 rings (SSSR count). The van der Waals surface area contributed by atoms with Gasteiger partial charge in [-0.15, -0.1) is 16.9 Å². The first-order chi connectivity index (χ1) is 24.7. The number of oxazole rings is 1. The third kappa shape index (κ3) is 7.08. The number of anilines is 1. The third-order valence-corrected chi connectivity index (χ3v) is 10.6. The van der Waals surface area contributed by atoms with E-state index in [9.17, 15) is 4.79 Å². The van der Waals surface area contributed by atoms with Crippen molar-refractivity contribution in [3.63, 3.8) is 0 Å². The number of ketones is 1. The molecule has 1 aliphatic carbocycles. The lowest BCUT2D eigenvalue weighted by atomic mass is 9.81. The molecule has 52 heavy (non-hydrogen) atoms. The van der Waals surface area contributed by atoms with Crippen LogP contribution in [0.15, 0.2) is 105 Å². The van der Waals surface area contributed by atoms with Crippen molar-refractivity contribution in [1.82, 2.24) is 15.0 Å². The minimum absolute atomic E-state index is 0. The second-order valence-electron chi connectivity index (χ2n) is 13.5. The summed E-state index contributed by atoms with van der Waals surface area (Å²) in [6, 6.07) is 22.3. The van der Waals surface area contributed by atoms with Crippen molar-refractivity contribution in [3.8, 4) is 11.5 Å². The van der Waals surface area contributed by atoms with E-state index in [0.717, 1.165) is 70.5 Å². The highest BCUT2D eigenvalue weighted by molar-refractivity contribution is 8.02. The normalized spacial score (nSPS) is 16.4. The molecule has 270 valence electrons. The number of thioether (sulfide) groups is 1. The average Bonchev–Trinajstić information content (AvgIpc) is 3.77. The highest BCUT2D eigenvalue weighted by Gasteiger charge is 2.43. The Morgan fingerprint density at radius 2 is 1.79 bits per heavy atom. The molecule has 0 saturated carbocycles. The van der Waals surface area contributed by atoms with Crippen LogP contribution in [0.2, 0.25) is 0 Å². The fourth-order valence-corrected chi connectivity index (χ4v) is 7.89. The SMILES string of the molecule is CCCN1C(=CC2=C(SCn3cc(C)nn3)C(=Cc3oc4cc(OCc5ccccc5)ccc4[n+]3CCC)C2=O)C(C)(C)c2cc(OC)ccc21.[Br-]. The van der Waals surface area contributed by atoms with Gasteiger partial charge in [-0.05, 0) is 54.8 Å². The molecule has 5 aromatic rings. The Balaban J connectivity index is 0.00000464. The van der Waals surface area contributed by atoms with Crippen molar-refractivity contribution in [2.24, 2.45) is 0 Å². The van der Waals surface area contributed by atoms with Gasteiger partial charge < -0.3 is 35.8 Å². The van der Waals surface area contributed by atoms with Crippen LogP contribution in [0.3, 0.4) is 0 Å². The summed E-state index contributed by atoms with van der Waals surface area (Å²) in [4.78, 5) is 17.5. The third-order valence-electron chi connectivity index (χ3n) is 9.47. The Kier molecular flexibility index (Phi) is 11.1. The molecule has 2 aromatic heterocycles. The van der Waals surface area contributed by atoms with Crippen LogP contribution in [0.1, 0.15) is 63.2 Å². The molecule has 2 aliphatic rings. The maximum Gasteiger partial charge on any atom is 0.374 e. The minimum Gasteiger partial charge on any atom is -1.00 e. The molecule has 0 fully saturated rings. The number of allylic oxidation sites excluding steroid dienone is 4. The van der Waals surface area contributed by atoms with Gasteiger partial charge in [-0.25, -0.2) is 4.68 Å². The number of halogens is 1. The molecule has 3 heterocycles. The fourth-order valence-electron chi connectivity index (χ4n) is 6.88. The van der Waals surface area contributed by atoms with Gasteiger partial charge in [-0.3, -0.25) is 4.79 Å². The molecule has 0 saturated heterocycles. The Hall–Kier alpha value is -4.61. The average molecular weight is 783 g/mol. The summed E-state index contributed by atoms with van der Waals surface area (Å²) in [5.74, 6) is 2.69. The number of carbonyl (C=O) groups excluding carboxylic acids is 1. The van der Waals surface area contributed by atoms with Gasteiger partial charge in [0.2, 0.25) is 5.58 Å². The van der Waals surface area contributed by atoms with Crippen LogP contribution < -0.4 is 35.9 Å². The maximum atomic E-state index is 14.3. The van der Waals surface area contributed by atoms with Crippen LogP contribution in [0.4, 0.5) is 5.69 Å². The van der Waals surface area contributed by atoms with E-state index in [0.29, 0.717) is 35.1 Å². The van der Waals surface area contributed by atoms with Gasteiger partial charge >= 0.3 is 5.89 Å². The van der Waals surface area contributed by atoms with E-state index in [1.54, 1.807) is 23.6 Å². The van der Waals surface area contributed by atoms with Gasteiger partial charge in [-0.1, -0.05) is 63.2 Å². The second kappa shape index (κ2) is 15.6. The molecule has 0 amide bonds. The number of benzene rings is 3. The zero-order valence-corrected chi connectivity index (χ0v) is 32.9. The lowest BCUT2D eigenvalue weighted by Gasteiger charge is -2.30. The lowest BCUT2D eigenvalue weighted by Crippen LogP contribution is -3.00. The van der Waals surface area contributed by atoms with Crippen LogP contribution in [0.25, 0.3) is 17.2 Å². The Morgan fingerprint density at radius 3 is 2.50 bits per heavy atom. The first kappa shape index (κ1) is 37.2. The van der Waals surface area contributed by atoms with E-state index in [-0.39, 0.29) is 28.2 Å². The first-order valence-electron chi connectivity index (χ1n) is 17.5. The van der Waals surface area contributed by atoms with Crippen LogP contribution in [0, 0.1) is 6.92 Å². The minimum atomic E-state index is -0.340. The maximum absolute atomic E-state index is 14.3. The summed E-state index contributed by atoms with van der Waals surface area (Å²) in [6.07, 6.45) is 7.79. The summed E-state index contributed by atoms with van der Waals surface area (Å²) in [7, 11) is 1.70. The molecule has 0 radical (unpaired) electrons. The van der Waals surface area contributed by atoms with Gasteiger partial charge in [0.1, 0.15) is 18.1 Å². The number of carbonyl (C=O) groups is 1. The predicted molar refractivity (Wildman–Crippen MR) is 202 cm³/mol. The number of ether oxygens (including phenoxy) is 2. The second-order valence-corrected chi connectivity index (χ2v) is 14.4. The molecule has 0 bridgehead atoms. The van der Waals surface area contributed by atoms with E-state index in [1.807, 2.05) is 73.8 Å². The van der Waals surface area contributed by atoms with E-state index in [2.05, 4.69) is 65.7 Å². The number of aromatic nitrogens is 4. The summed E-state index contributed by atoms with van der Waals surface area (Å²) in [5, 5.41) is 8.43.